The summed E-state index contributed by atoms with van der Waals surface area (Å²) in [6, 6.07) is 7.96. The number of carbonyl (C=O) groups excluding carboxylic acids is 1. The van der Waals surface area contributed by atoms with Crippen LogP contribution in [0.3, 0.4) is 0 Å². The van der Waals surface area contributed by atoms with Crippen LogP contribution in [0.2, 0.25) is 0 Å². The lowest BCUT2D eigenvalue weighted by molar-refractivity contribution is -0.127. The Balaban J connectivity index is 2.13. The number of nitrogens with zero attached hydrogens (tertiary/aromatic N) is 1. The molecule has 1 amide bonds. The van der Waals surface area contributed by atoms with Crippen molar-refractivity contribution in [2.45, 2.75) is 12.0 Å². The largest absolute Gasteiger partial charge is 0.488 e. The number of hydrogen-bond acceptors (Lipinski definition) is 2. The maximum Gasteiger partial charge on any atom is 0.269 e. The van der Waals surface area contributed by atoms with E-state index in [1.807, 2.05) is 24.3 Å². The molecule has 0 N–H and O–H groups in total. The van der Waals surface area contributed by atoms with Crippen molar-refractivity contribution in [1.29, 1.82) is 0 Å². The van der Waals surface area contributed by atoms with Gasteiger partial charge < -0.3 is 9.64 Å². The molecule has 3 heteroatoms. The molecular formula is C14H13NO2. The highest BCUT2D eigenvalue weighted by Gasteiger charge is 2.41. The Morgan fingerprint density at radius 1 is 1.41 bits per heavy atom. The lowest BCUT2D eigenvalue weighted by Gasteiger charge is -2.34. The number of carbonyl (C=O) groups is 1. The summed E-state index contributed by atoms with van der Waals surface area (Å²) >= 11 is 0. The van der Waals surface area contributed by atoms with Crippen LogP contribution >= 0.6 is 0 Å². The van der Waals surface area contributed by atoms with Gasteiger partial charge in [-0.3, -0.25) is 4.79 Å². The normalized spacial score (nSPS) is 25.2. The second-order valence-corrected chi connectivity index (χ2v) is 4.21. The van der Waals surface area contributed by atoms with Gasteiger partial charge in [0, 0.05) is 12.2 Å². The van der Waals surface area contributed by atoms with Crippen LogP contribution in [-0.2, 0) is 9.53 Å². The molecule has 3 rings (SSSR count). The summed E-state index contributed by atoms with van der Waals surface area (Å²) in [6.07, 6.45) is 4.91. The molecule has 0 bridgehead atoms. The molecule has 0 saturated carbocycles. The first-order chi connectivity index (χ1) is 8.33. The number of benzene rings is 1. The van der Waals surface area contributed by atoms with Crippen molar-refractivity contribution in [3.8, 4) is 0 Å². The zero-order valence-electron chi connectivity index (χ0n) is 9.37. The Labute approximate surface area is 100.0 Å². The SMILES string of the molecule is C=CCN1C(=O)[C@H]2OC=C[C@@H]2c2ccccc21. The quantitative estimate of drug-likeness (QED) is 0.725. The van der Waals surface area contributed by atoms with Gasteiger partial charge in [-0.15, -0.1) is 6.58 Å². The third kappa shape index (κ3) is 1.39. The summed E-state index contributed by atoms with van der Waals surface area (Å²) in [5.74, 6) is 0.0679. The maximum absolute atomic E-state index is 12.3. The molecule has 2 aliphatic heterocycles. The number of hydrogen-bond donors (Lipinski definition) is 0. The minimum atomic E-state index is -0.398. The summed E-state index contributed by atoms with van der Waals surface area (Å²) in [7, 11) is 0. The van der Waals surface area contributed by atoms with Crippen LogP contribution in [0, 0.1) is 0 Å². The van der Waals surface area contributed by atoms with E-state index in [2.05, 4.69) is 12.6 Å². The minimum Gasteiger partial charge on any atom is -0.488 e. The monoisotopic (exact) mass is 227 g/mol. The van der Waals surface area contributed by atoms with Crippen molar-refractivity contribution in [2.75, 3.05) is 11.4 Å². The first-order valence-electron chi connectivity index (χ1n) is 5.66. The Bertz CT molecular complexity index is 507. The maximum atomic E-state index is 12.3. The molecule has 0 aromatic heterocycles. The number of fused-ring (bicyclic) bond motifs is 3. The van der Waals surface area contributed by atoms with Crippen LogP contribution in [-0.4, -0.2) is 18.6 Å². The Hall–Kier alpha value is -2.03. The number of rotatable bonds is 2. The van der Waals surface area contributed by atoms with Gasteiger partial charge in [0.25, 0.3) is 5.91 Å². The molecule has 0 spiro atoms. The first kappa shape index (κ1) is 10.1. The third-order valence-corrected chi connectivity index (χ3v) is 3.25. The van der Waals surface area contributed by atoms with Crippen LogP contribution in [0.1, 0.15) is 11.5 Å². The predicted octanol–water partition coefficient (Wildman–Crippen LogP) is 2.22. The van der Waals surface area contributed by atoms with Crippen LogP contribution in [0.5, 0.6) is 0 Å². The Kier molecular flexibility index (Phi) is 2.25. The van der Waals surface area contributed by atoms with Crippen molar-refractivity contribution >= 4 is 11.6 Å². The second kappa shape index (κ2) is 3.77. The Morgan fingerprint density at radius 2 is 2.24 bits per heavy atom. The van der Waals surface area contributed by atoms with Gasteiger partial charge in [-0.2, -0.15) is 0 Å². The van der Waals surface area contributed by atoms with Crippen molar-refractivity contribution in [1.82, 2.24) is 0 Å². The Morgan fingerprint density at radius 3 is 3.06 bits per heavy atom. The molecule has 0 fully saturated rings. The summed E-state index contributed by atoms with van der Waals surface area (Å²) in [5, 5.41) is 0. The van der Waals surface area contributed by atoms with Crippen LogP contribution in [0.25, 0.3) is 0 Å². The predicted molar refractivity (Wildman–Crippen MR) is 65.7 cm³/mol. The van der Waals surface area contributed by atoms with E-state index in [9.17, 15) is 4.79 Å². The van der Waals surface area contributed by atoms with Gasteiger partial charge in [-0.05, 0) is 17.7 Å². The highest BCUT2D eigenvalue weighted by atomic mass is 16.5. The standard InChI is InChI=1S/C14H13NO2/c1-2-8-15-12-6-4-3-5-10(12)11-7-9-17-13(11)14(15)16/h2-7,9,11,13H,1,8H2/t11-,13+/m1/s1. The zero-order chi connectivity index (χ0) is 11.8. The molecule has 3 nitrogen and oxygen atoms in total. The van der Waals surface area contributed by atoms with Gasteiger partial charge in [0.1, 0.15) is 0 Å². The van der Waals surface area contributed by atoms with Gasteiger partial charge in [0.2, 0.25) is 0 Å². The minimum absolute atomic E-state index is 0.0126. The highest BCUT2D eigenvalue weighted by molar-refractivity contribution is 6.01. The summed E-state index contributed by atoms with van der Waals surface area (Å²) in [5.41, 5.74) is 2.11. The smallest absolute Gasteiger partial charge is 0.269 e. The summed E-state index contributed by atoms with van der Waals surface area (Å²) in [6.45, 7) is 4.21. The fraction of sp³-hybridized carbons (Fsp3) is 0.214. The fourth-order valence-electron chi connectivity index (χ4n) is 2.48. The summed E-state index contributed by atoms with van der Waals surface area (Å²) < 4.78 is 5.40. The van der Waals surface area contributed by atoms with Gasteiger partial charge in [-0.25, -0.2) is 0 Å². The molecule has 2 heterocycles. The first-order valence-corrected chi connectivity index (χ1v) is 5.66. The van der Waals surface area contributed by atoms with E-state index in [1.165, 1.54) is 0 Å². The molecule has 0 saturated heterocycles. The highest BCUT2D eigenvalue weighted by Crippen LogP contribution is 2.40. The van der Waals surface area contributed by atoms with Crippen molar-refractivity contribution < 1.29 is 9.53 Å². The molecule has 1 aromatic carbocycles. The molecule has 17 heavy (non-hydrogen) atoms. The second-order valence-electron chi connectivity index (χ2n) is 4.21. The van der Waals surface area contributed by atoms with E-state index < -0.39 is 6.10 Å². The van der Waals surface area contributed by atoms with Crippen molar-refractivity contribution in [2.24, 2.45) is 0 Å². The average Bonchev–Trinajstić information content (AvgIpc) is 2.84. The molecule has 0 unspecified atom stereocenters. The number of para-hydroxylation sites is 1. The van der Waals surface area contributed by atoms with E-state index in [4.69, 9.17) is 4.74 Å². The van der Waals surface area contributed by atoms with Gasteiger partial charge in [0.15, 0.2) is 6.10 Å². The topological polar surface area (TPSA) is 29.5 Å². The number of anilines is 1. The van der Waals surface area contributed by atoms with E-state index in [-0.39, 0.29) is 11.8 Å². The van der Waals surface area contributed by atoms with Crippen LogP contribution in [0.4, 0.5) is 5.69 Å². The van der Waals surface area contributed by atoms with E-state index in [1.54, 1.807) is 17.2 Å². The number of amides is 1. The van der Waals surface area contributed by atoms with E-state index in [0.717, 1.165) is 11.3 Å². The van der Waals surface area contributed by atoms with E-state index in [0.29, 0.717) is 6.54 Å². The van der Waals surface area contributed by atoms with Gasteiger partial charge in [0.05, 0.1) is 12.2 Å². The average molecular weight is 227 g/mol. The number of ether oxygens (including phenoxy) is 1. The van der Waals surface area contributed by atoms with Crippen LogP contribution in [0.15, 0.2) is 49.3 Å². The third-order valence-electron chi connectivity index (χ3n) is 3.25. The van der Waals surface area contributed by atoms with Crippen molar-refractivity contribution in [3.05, 3.63) is 54.8 Å². The summed E-state index contributed by atoms with van der Waals surface area (Å²) in [4.78, 5) is 14.0. The molecule has 2 atom stereocenters. The fourth-order valence-corrected chi connectivity index (χ4v) is 2.48. The van der Waals surface area contributed by atoms with E-state index >= 15 is 0 Å². The lowest BCUT2D eigenvalue weighted by Crippen LogP contribution is -2.45. The molecule has 0 radical (unpaired) electrons. The van der Waals surface area contributed by atoms with Gasteiger partial charge in [-0.1, -0.05) is 24.3 Å². The molecule has 86 valence electrons. The van der Waals surface area contributed by atoms with Gasteiger partial charge >= 0.3 is 0 Å². The molecule has 1 aromatic rings. The van der Waals surface area contributed by atoms with Crippen molar-refractivity contribution in [3.63, 3.8) is 0 Å². The van der Waals surface area contributed by atoms with Crippen LogP contribution < -0.4 is 4.90 Å². The molecule has 2 aliphatic rings. The molecule has 0 aliphatic carbocycles. The lowest BCUT2D eigenvalue weighted by atomic mass is 9.88. The zero-order valence-corrected chi connectivity index (χ0v) is 9.37. The molecular weight excluding hydrogens is 214 g/mol.